The van der Waals surface area contributed by atoms with E-state index in [0.29, 0.717) is 12.9 Å². The third-order valence-corrected chi connectivity index (χ3v) is 2.25. The Balaban J connectivity index is 2.59. The van der Waals surface area contributed by atoms with Gasteiger partial charge in [-0.05, 0) is 5.57 Å². The van der Waals surface area contributed by atoms with Gasteiger partial charge in [0.25, 0.3) is 6.47 Å². The van der Waals surface area contributed by atoms with E-state index in [9.17, 15) is 9.90 Å². The Labute approximate surface area is 65.7 Å². The van der Waals surface area contributed by atoms with Crippen molar-refractivity contribution in [3.8, 4) is 0 Å². The lowest BCUT2D eigenvalue weighted by Gasteiger charge is -2.09. The summed E-state index contributed by atoms with van der Waals surface area (Å²) in [4.78, 5) is 9.97. The Hall–Kier alpha value is -0.830. The van der Waals surface area contributed by atoms with Gasteiger partial charge in [0.1, 0.15) is 6.10 Å². The lowest BCUT2D eigenvalue weighted by atomic mass is 10.1. The number of aliphatic hydroxyl groups is 1. The SMILES string of the molecule is C=C1C(OC=O)CC(O)C1C. The van der Waals surface area contributed by atoms with Crippen molar-refractivity contribution in [3.63, 3.8) is 0 Å². The van der Waals surface area contributed by atoms with Crippen molar-refractivity contribution in [2.45, 2.75) is 25.6 Å². The van der Waals surface area contributed by atoms with Crippen LogP contribution in [0.5, 0.6) is 0 Å². The van der Waals surface area contributed by atoms with Crippen molar-refractivity contribution >= 4 is 6.47 Å². The number of hydrogen-bond acceptors (Lipinski definition) is 3. The fraction of sp³-hybridized carbons (Fsp3) is 0.625. The Morgan fingerprint density at radius 2 is 2.45 bits per heavy atom. The smallest absolute Gasteiger partial charge is 0.293 e. The van der Waals surface area contributed by atoms with Crippen molar-refractivity contribution < 1.29 is 14.6 Å². The lowest BCUT2D eigenvalue weighted by Crippen LogP contribution is -2.09. The van der Waals surface area contributed by atoms with Gasteiger partial charge in [-0.25, -0.2) is 0 Å². The van der Waals surface area contributed by atoms with Gasteiger partial charge in [-0.2, -0.15) is 0 Å². The minimum absolute atomic E-state index is 0.0416. The highest BCUT2D eigenvalue weighted by atomic mass is 16.5. The van der Waals surface area contributed by atoms with Crippen LogP contribution in [0.2, 0.25) is 0 Å². The molecule has 0 aromatic carbocycles. The summed E-state index contributed by atoms with van der Waals surface area (Å²) < 4.78 is 4.72. The van der Waals surface area contributed by atoms with E-state index in [1.165, 1.54) is 0 Å². The van der Waals surface area contributed by atoms with Gasteiger partial charge < -0.3 is 9.84 Å². The van der Waals surface area contributed by atoms with Crippen molar-refractivity contribution in [1.82, 2.24) is 0 Å². The average molecular weight is 156 g/mol. The molecule has 1 N–H and O–H groups in total. The third kappa shape index (κ3) is 1.43. The van der Waals surface area contributed by atoms with Crippen LogP contribution < -0.4 is 0 Å². The van der Waals surface area contributed by atoms with E-state index >= 15 is 0 Å². The molecule has 1 rings (SSSR count). The fourth-order valence-corrected chi connectivity index (χ4v) is 1.33. The first-order valence-corrected chi connectivity index (χ1v) is 3.62. The number of ether oxygens (including phenoxy) is 1. The fourth-order valence-electron chi connectivity index (χ4n) is 1.33. The second-order valence-electron chi connectivity index (χ2n) is 2.89. The van der Waals surface area contributed by atoms with Crippen molar-refractivity contribution in [2.24, 2.45) is 5.92 Å². The molecule has 0 aromatic rings. The molecule has 0 bridgehead atoms. The van der Waals surface area contributed by atoms with Crippen LogP contribution in [-0.2, 0) is 9.53 Å². The first kappa shape index (κ1) is 8.27. The van der Waals surface area contributed by atoms with E-state index in [4.69, 9.17) is 4.74 Å². The van der Waals surface area contributed by atoms with Gasteiger partial charge in [0, 0.05) is 12.3 Å². The van der Waals surface area contributed by atoms with Crippen LogP contribution in [0.1, 0.15) is 13.3 Å². The summed E-state index contributed by atoms with van der Waals surface area (Å²) in [5.41, 5.74) is 0.810. The van der Waals surface area contributed by atoms with E-state index in [2.05, 4.69) is 6.58 Å². The molecule has 0 aliphatic heterocycles. The molecule has 0 radical (unpaired) electrons. The van der Waals surface area contributed by atoms with Gasteiger partial charge in [0.15, 0.2) is 0 Å². The second kappa shape index (κ2) is 3.05. The van der Waals surface area contributed by atoms with Crippen molar-refractivity contribution in [2.75, 3.05) is 0 Å². The van der Waals surface area contributed by atoms with Crippen LogP contribution in [0.25, 0.3) is 0 Å². The number of hydrogen-bond donors (Lipinski definition) is 1. The Kier molecular flexibility index (Phi) is 2.29. The van der Waals surface area contributed by atoms with Crippen LogP contribution in [0.4, 0.5) is 0 Å². The molecule has 1 aliphatic carbocycles. The second-order valence-corrected chi connectivity index (χ2v) is 2.89. The molecule has 11 heavy (non-hydrogen) atoms. The Bertz CT molecular complexity index is 176. The molecular formula is C8H12O3. The first-order chi connectivity index (χ1) is 5.16. The molecule has 0 spiro atoms. The highest BCUT2D eigenvalue weighted by molar-refractivity contribution is 5.39. The van der Waals surface area contributed by atoms with E-state index in [0.717, 1.165) is 5.57 Å². The molecule has 3 nitrogen and oxygen atoms in total. The maximum atomic E-state index is 9.97. The summed E-state index contributed by atoms with van der Waals surface area (Å²) in [6, 6.07) is 0. The number of carbonyl (C=O) groups is 1. The zero-order valence-electron chi connectivity index (χ0n) is 6.49. The van der Waals surface area contributed by atoms with Gasteiger partial charge in [0.2, 0.25) is 0 Å². The molecule has 0 saturated heterocycles. The van der Waals surface area contributed by atoms with E-state index in [-0.39, 0.29) is 12.0 Å². The zero-order chi connectivity index (χ0) is 8.43. The van der Waals surface area contributed by atoms with Crippen molar-refractivity contribution in [1.29, 1.82) is 0 Å². The Morgan fingerprint density at radius 1 is 1.82 bits per heavy atom. The van der Waals surface area contributed by atoms with Gasteiger partial charge in [0.05, 0.1) is 6.10 Å². The zero-order valence-corrected chi connectivity index (χ0v) is 6.49. The predicted octanol–water partition coefficient (Wildman–Crippen LogP) is 0.485. The first-order valence-electron chi connectivity index (χ1n) is 3.62. The molecule has 1 saturated carbocycles. The average Bonchev–Trinajstić information content (AvgIpc) is 2.19. The van der Waals surface area contributed by atoms with Gasteiger partial charge in [-0.15, -0.1) is 0 Å². The van der Waals surface area contributed by atoms with Gasteiger partial charge >= 0.3 is 0 Å². The normalized spacial score (nSPS) is 37.3. The highest BCUT2D eigenvalue weighted by Gasteiger charge is 2.34. The van der Waals surface area contributed by atoms with Gasteiger partial charge in [-0.1, -0.05) is 13.5 Å². The summed E-state index contributed by atoms with van der Waals surface area (Å²) in [6.07, 6.45) is -0.205. The standard InChI is InChI=1S/C8H12O3/c1-5-6(2)8(11-4-9)3-7(5)10/h4-5,7-8,10H,2-3H2,1H3. The summed E-state index contributed by atoms with van der Waals surface area (Å²) in [5.74, 6) is 0.0416. The summed E-state index contributed by atoms with van der Waals surface area (Å²) >= 11 is 0. The number of aliphatic hydroxyl groups excluding tert-OH is 1. The van der Waals surface area contributed by atoms with Gasteiger partial charge in [-0.3, -0.25) is 4.79 Å². The quantitative estimate of drug-likeness (QED) is 0.467. The summed E-state index contributed by atoms with van der Waals surface area (Å²) in [7, 11) is 0. The Morgan fingerprint density at radius 3 is 2.82 bits per heavy atom. The van der Waals surface area contributed by atoms with Crippen molar-refractivity contribution in [3.05, 3.63) is 12.2 Å². The molecule has 1 fully saturated rings. The van der Waals surface area contributed by atoms with Crippen LogP contribution in [0, 0.1) is 5.92 Å². The molecule has 3 atom stereocenters. The molecule has 3 heteroatoms. The van der Waals surface area contributed by atoms with Crippen LogP contribution >= 0.6 is 0 Å². The summed E-state index contributed by atoms with van der Waals surface area (Å²) in [6.45, 7) is 6.02. The lowest BCUT2D eigenvalue weighted by molar-refractivity contribution is -0.132. The van der Waals surface area contributed by atoms with Crippen LogP contribution in [0.15, 0.2) is 12.2 Å². The molecular weight excluding hydrogens is 144 g/mol. The van der Waals surface area contributed by atoms with Crippen LogP contribution in [0.3, 0.4) is 0 Å². The third-order valence-electron chi connectivity index (χ3n) is 2.25. The predicted molar refractivity (Wildman–Crippen MR) is 39.9 cm³/mol. The van der Waals surface area contributed by atoms with E-state index in [1.54, 1.807) is 0 Å². The van der Waals surface area contributed by atoms with E-state index in [1.807, 2.05) is 6.92 Å². The largest absolute Gasteiger partial charge is 0.460 e. The van der Waals surface area contributed by atoms with E-state index < -0.39 is 6.10 Å². The minimum atomic E-state index is -0.410. The topological polar surface area (TPSA) is 46.5 Å². The summed E-state index contributed by atoms with van der Waals surface area (Å²) in [5, 5.41) is 9.31. The maximum Gasteiger partial charge on any atom is 0.293 e. The molecule has 62 valence electrons. The highest BCUT2D eigenvalue weighted by Crippen LogP contribution is 2.31. The monoisotopic (exact) mass is 156 g/mol. The maximum absolute atomic E-state index is 9.97. The molecule has 1 aliphatic rings. The molecule has 0 amide bonds. The number of carbonyl (C=O) groups excluding carboxylic acids is 1. The minimum Gasteiger partial charge on any atom is -0.460 e. The molecule has 3 unspecified atom stereocenters. The number of rotatable bonds is 2. The molecule has 0 heterocycles. The molecule has 0 aromatic heterocycles. The van der Waals surface area contributed by atoms with Crippen LogP contribution in [-0.4, -0.2) is 23.8 Å².